The summed E-state index contributed by atoms with van der Waals surface area (Å²) in [7, 11) is 3.25. The van der Waals surface area contributed by atoms with Gasteiger partial charge in [-0.15, -0.1) is 0 Å². The fourth-order valence-corrected chi connectivity index (χ4v) is 2.23. The summed E-state index contributed by atoms with van der Waals surface area (Å²) < 4.78 is 36.6. The van der Waals surface area contributed by atoms with Crippen molar-refractivity contribution < 1.29 is 23.0 Å². The fraction of sp³-hybridized carbons (Fsp3) is 0.316. The van der Waals surface area contributed by atoms with Crippen LogP contribution < -0.4 is 15.0 Å². The van der Waals surface area contributed by atoms with Crippen LogP contribution in [0.25, 0.3) is 0 Å². The monoisotopic (exact) mass is 364 g/mol. The van der Waals surface area contributed by atoms with Gasteiger partial charge in [-0.25, -0.2) is 8.78 Å². The minimum Gasteiger partial charge on any atom is -0.491 e. The topological polar surface area (TPSA) is 50.8 Å². The first-order chi connectivity index (χ1) is 12.5. The third-order valence-corrected chi connectivity index (χ3v) is 3.69. The van der Waals surface area contributed by atoms with Crippen molar-refractivity contribution in [3.8, 4) is 5.75 Å². The first-order valence-electron chi connectivity index (χ1n) is 8.13. The Kier molecular flexibility index (Phi) is 7.35. The molecule has 1 amide bonds. The number of amides is 1. The van der Waals surface area contributed by atoms with Gasteiger partial charge in [0.25, 0.3) is 0 Å². The lowest BCUT2D eigenvalue weighted by Crippen LogP contribution is -2.34. The standard InChI is InChI=1S/C19H22F2N2O3/c1-23(15-5-8-17(20)18(21)11-15)13-19(24)22-12-14-3-6-16(7-4-14)26-10-9-25-2/h3-8,11H,9-10,12-13H2,1-2H3,(H,22,24). The van der Waals surface area contributed by atoms with E-state index in [4.69, 9.17) is 9.47 Å². The molecule has 0 radical (unpaired) electrons. The van der Waals surface area contributed by atoms with Crippen LogP contribution in [0, 0.1) is 11.6 Å². The van der Waals surface area contributed by atoms with Crippen molar-refractivity contribution in [3.05, 3.63) is 59.7 Å². The van der Waals surface area contributed by atoms with Crippen LogP contribution in [0.1, 0.15) is 5.56 Å². The summed E-state index contributed by atoms with van der Waals surface area (Å²) in [4.78, 5) is 13.6. The van der Waals surface area contributed by atoms with E-state index < -0.39 is 11.6 Å². The van der Waals surface area contributed by atoms with Crippen molar-refractivity contribution in [3.63, 3.8) is 0 Å². The summed E-state index contributed by atoms with van der Waals surface area (Å²) in [6.07, 6.45) is 0. The minimum atomic E-state index is -0.942. The second-order valence-electron chi connectivity index (χ2n) is 5.72. The summed E-state index contributed by atoms with van der Waals surface area (Å²) in [5.41, 5.74) is 1.35. The number of hydrogen-bond acceptors (Lipinski definition) is 4. The fourth-order valence-electron chi connectivity index (χ4n) is 2.23. The predicted molar refractivity (Wildman–Crippen MR) is 95.3 cm³/mol. The van der Waals surface area contributed by atoms with Gasteiger partial charge in [0, 0.05) is 32.5 Å². The summed E-state index contributed by atoms with van der Waals surface area (Å²) >= 11 is 0. The molecule has 26 heavy (non-hydrogen) atoms. The van der Waals surface area contributed by atoms with E-state index in [1.54, 1.807) is 19.1 Å². The molecule has 0 aromatic heterocycles. The van der Waals surface area contributed by atoms with Crippen LogP contribution in [0.2, 0.25) is 0 Å². The number of rotatable bonds is 9. The zero-order valence-corrected chi connectivity index (χ0v) is 14.8. The molecule has 2 rings (SSSR count). The average molecular weight is 364 g/mol. The van der Waals surface area contributed by atoms with Crippen LogP contribution in [-0.4, -0.2) is 39.8 Å². The molecule has 0 atom stereocenters. The van der Waals surface area contributed by atoms with Gasteiger partial charge in [0.1, 0.15) is 12.4 Å². The minimum absolute atomic E-state index is 0.0310. The normalized spacial score (nSPS) is 10.5. The number of methoxy groups -OCH3 is 1. The number of hydrogen-bond donors (Lipinski definition) is 1. The lowest BCUT2D eigenvalue weighted by Gasteiger charge is -2.19. The van der Waals surface area contributed by atoms with Crippen molar-refractivity contribution in [1.82, 2.24) is 5.32 Å². The van der Waals surface area contributed by atoms with Gasteiger partial charge in [0.05, 0.1) is 13.2 Å². The van der Waals surface area contributed by atoms with E-state index >= 15 is 0 Å². The first kappa shape index (κ1) is 19.7. The lowest BCUT2D eigenvalue weighted by atomic mass is 10.2. The Hall–Kier alpha value is -2.67. The second kappa shape index (κ2) is 9.72. The molecule has 0 heterocycles. The Morgan fingerprint density at radius 1 is 1.08 bits per heavy atom. The van der Waals surface area contributed by atoms with Crippen molar-refractivity contribution in [2.45, 2.75) is 6.54 Å². The molecule has 0 fully saturated rings. The van der Waals surface area contributed by atoms with E-state index in [-0.39, 0.29) is 12.5 Å². The molecule has 2 aromatic carbocycles. The van der Waals surface area contributed by atoms with Crippen LogP contribution in [-0.2, 0) is 16.1 Å². The number of ether oxygens (including phenoxy) is 2. The van der Waals surface area contributed by atoms with E-state index in [0.29, 0.717) is 25.4 Å². The Balaban J connectivity index is 1.79. The van der Waals surface area contributed by atoms with Gasteiger partial charge in [-0.3, -0.25) is 4.79 Å². The average Bonchev–Trinajstić information content (AvgIpc) is 2.63. The highest BCUT2D eigenvalue weighted by atomic mass is 19.2. The van der Waals surface area contributed by atoms with Crippen LogP contribution in [0.15, 0.2) is 42.5 Å². The van der Waals surface area contributed by atoms with Crippen molar-refractivity contribution in [2.24, 2.45) is 0 Å². The van der Waals surface area contributed by atoms with E-state index in [9.17, 15) is 13.6 Å². The molecule has 140 valence electrons. The molecule has 5 nitrogen and oxygen atoms in total. The molecule has 7 heteroatoms. The number of anilines is 1. The van der Waals surface area contributed by atoms with E-state index in [2.05, 4.69) is 5.32 Å². The maximum atomic E-state index is 13.3. The molecule has 2 aromatic rings. The molecular formula is C19H22F2N2O3. The first-order valence-corrected chi connectivity index (χ1v) is 8.13. The number of carbonyl (C=O) groups excluding carboxylic acids is 1. The number of nitrogens with zero attached hydrogens (tertiary/aromatic N) is 1. The predicted octanol–water partition coefficient (Wildman–Crippen LogP) is 2.74. The molecule has 0 aliphatic heterocycles. The van der Waals surface area contributed by atoms with Gasteiger partial charge in [0.15, 0.2) is 11.6 Å². The molecule has 0 saturated heterocycles. The Morgan fingerprint density at radius 3 is 2.46 bits per heavy atom. The molecular weight excluding hydrogens is 342 g/mol. The summed E-state index contributed by atoms with van der Waals surface area (Å²) in [5.74, 6) is -1.35. The van der Waals surface area contributed by atoms with Gasteiger partial charge >= 0.3 is 0 Å². The number of halogens is 2. The quantitative estimate of drug-likeness (QED) is 0.695. The molecule has 0 aliphatic carbocycles. The number of benzene rings is 2. The highest BCUT2D eigenvalue weighted by Crippen LogP contribution is 2.16. The third kappa shape index (κ3) is 6.00. The highest BCUT2D eigenvalue weighted by Gasteiger charge is 2.10. The third-order valence-electron chi connectivity index (χ3n) is 3.69. The molecule has 1 N–H and O–H groups in total. The maximum absolute atomic E-state index is 13.3. The molecule has 0 saturated carbocycles. The van der Waals surface area contributed by atoms with Crippen LogP contribution in [0.5, 0.6) is 5.75 Å². The Morgan fingerprint density at radius 2 is 1.81 bits per heavy atom. The number of nitrogens with one attached hydrogen (secondary N) is 1. The van der Waals surface area contributed by atoms with Gasteiger partial charge in [-0.1, -0.05) is 12.1 Å². The largest absolute Gasteiger partial charge is 0.491 e. The molecule has 0 aliphatic rings. The van der Waals surface area contributed by atoms with Crippen molar-refractivity contribution in [1.29, 1.82) is 0 Å². The van der Waals surface area contributed by atoms with Gasteiger partial charge < -0.3 is 19.7 Å². The summed E-state index contributed by atoms with van der Waals surface area (Å²) in [6, 6.07) is 10.9. The van der Waals surface area contributed by atoms with Crippen molar-refractivity contribution in [2.75, 3.05) is 38.8 Å². The molecule has 0 spiro atoms. The van der Waals surface area contributed by atoms with Crippen LogP contribution >= 0.6 is 0 Å². The van der Waals surface area contributed by atoms with E-state index in [0.717, 1.165) is 23.4 Å². The Labute approximate surface area is 151 Å². The summed E-state index contributed by atoms with van der Waals surface area (Å²) in [5, 5.41) is 2.79. The highest BCUT2D eigenvalue weighted by molar-refractivity contribution is 5.81. The molecule has 0 unspecified atom stereocenters. The van der Waals surface area contributed by atoms with Gasteiger partial charge in [-0.2, -0.15) is 0 Å². The summed E-state index contributed by atoms with van der Waals surface area (Å²) in [6.45, 7) is 1.39. The second-order valence-corrected chi connectivity index (χ2v) is 5.72. The zero-order chi connectivity index (χ0) is 18.9. The van der Waals surface area contributed by atoms with E-state index in [1.165, 1.54) is 6.07 Å². The smallest absolute Gasteiger partial charge is 0.239 e. The number of likely N-dealkylation sites (N-methyl/N-ethyl adjacent to an activating group) is 1. The number of carbonyl (C=O) groups is 1. The Bertz CT molecular complexity index is 723. The van der Waals surface area contributed by atoms with Gasteiger partial charge in [0.2, 0.25) is 5.91 Å². The maximum Gasteiger partial charge on any atom is 0.239 e. The van der Waals surface area contributed by atoms with Crippen LogP contribution in [0.4, 0.5) is 14.5 Å². The SMILES string of the molecule is COCCOc1ccc(CNC(=O)CN(C)c2ccc(F)c(F)c2)cc1. The molecule has 0 bridgehead atoms. The van der Waals surface area contributed by atoms with Gasteiger partial charge in [-0.05, 0) is 29.8 Å². The lowest BCUT2D eigenvalue weighted by molar-refractivity contribution is -0.119. The zero-order valence-electron chi connectivity index (χ0n) is 14.8. The van der Waals surface area contributed by atoms with Crippen molar-refractivity contribution >= 4 is 11.6 Å². The van der Waals surface area contributed by atoms with E-state index in [1.807, 2.05) is 24.3 Å². The van der Waals surface area contributed by atoms with Crippen LogP contribution in [0.3, 0.4) is 0 Å².